The minimum atomic E-state index is 0.0664. The number of hydrogen-bond donors (Lipinski definition) is 3. The Morgan fingerprint density at radius 2 is 2.16 bits per heavy atom. The van der Waals surface area contributed by atoms with E-state index >= 15 is 0 Å². The Labute approximate surface area is 149 Å². The van der Waals surface area contributed by atoms with Gasteiger partial charge in [-0.2, -0.15) is 0 Å². The van der Waals surface area contributed by atoms with Crippen LogP contribution in [0.25, 0.3) is 0 Å². The first-order valence-electron chi connectivity index (χ1n) is 8.87. The lowest BCUT2D eigenvalue weighted by Gasteiger charge is -2.32. The summed E-state index contributed by atoms with van der Waals surface area (Å²) in [5.74, 6) is 1.98. The van der Waals surface area contributed by atoms with E-state index in [-0.39, 0.29) is 5.91 Å². The molecule has 3 N–H and O–H groups in total. The van der Waals surface area contributed by atoms with Crippen LogP contribution in [0.2, 0.25) is 0 Å². The topological polar surface area (TPSA) is 94.8 Å². The molecule has 0 spiro atoms. The van der Waals surface area contributed by atoms with E-state index in [0.717, 1.165) is 43.3 Å². The smallest absolute Gasteiger partial charge is 0.233 e. The third-order valence-corrected chi connectivity index (χ3v) is 4.40. The van der Waals surface area contributed by atoms with Crippen molar-refractivity contribution < 1.29 is 9.32 Å². The molecule has 2 rings (SSSR count). The van der Waals surface area contributed by atoms with Gasteiger partial charge in [-0.15, -0.1) is 0 Å². The molecule has 0 bridgehead atoms. The average molecular weight is 350 g/mol. The Morgan fingerprint density at radius 3 is 2.72 bits per heavy atom. The standard InChI is InChI=1S/C17H30N6O2/c1-12(2)15-9-14(25-22-15)10-20-17(19-4)21-13-5-7-23(8-6-13)11-16(24)18-3/h9,12-13H,5-8,10-11H2,1-4H3,(H,18,24)(H2,19,20,21). The molecular weight excluding hydrogens is 320 g/mol. The molecule has 1 aliphatic rings. The van der Waals surface area contributed by atoms with Crippen LogP contribution in [0.1, 0.15) is 44.1 Å². The summed E-state index contributed by atoms with van der Waals surface area (Å²) in [6.45, 7) is 7.01. The van der Waals surface area contributed by atoms with Gasteiger partial charge in [0.2, 0.25) is 5.91 Å². The van der Waals surface area contributed by atoms with Gasteiger partial charge >= 0.3 is 0 Å². The van der Waals surface area contributed by atoms with Crippen molar-refractivity contribution in [3.8, 4) is 0 Å². The summed E-state index contributed by atoms with van der Waals surface area (Å²) in [5, 5.41) is 13.4. The molecule has 25 heavy (non-hydrogen) atoms. The molecule has 1 aromatic rings. The molecule has 1 aliphatic heterocycles. The molecular formula is C17H30N6O2. The van der Waals surface area contributed by atoms with E-state index in [1.165, 1.54) is 0 Å². The van der Waals surface area contributed by atoms with Crippen LogP contribution in [0.15, 0.2) is 15.6 Å². The number of aliphatic imine (C=N–C) groups is 1. The third kappa shape index (κ3) is 6.04. The molecule has 0 atom stereocenters. The molecule has 0 aliphatic carbocycles. The Bertz CT molecular complexity index is 575. The van der Waals surface area contributed by atoms with Crippen LogP contribution in [0.3, 0.4) is 0 Å². The number of hydrogen-bond acceptors (Lipinski definition) is 5. The van der Waals surface area contributed by atoms with Crippen molar-refractivity contribution in [3.05, 3.63) is 17.5 Å². The van der Waals surface area contributed by atoms with Gasteiger partial charge in [-0.3, -0.25) is 14.7 Å². The number of aromatic nitrogens is 1. The molecule has 0 aromatic carbocycles. The monoisotopic (exact) mass is 350 g/mol. The second-order valence-electron chi connectivity index (χ2n) is 6.67. The summed E-state index contributed by atoms with van der Waals surface area (Å²) in [5.41, 5.74) is 0.961. The first-order valence-corrected chi connectivity index (χ1v) is 8.87. The van der Waals surface area contributed by atoms with Gasteiger partial charge < -0.3 is 20.5 Å². The van der Waals surface area contributed by atoms with Crippen LogP contribution in [-0.2, 0) is 11.3 Å². The highest BCUT2D eigenvalue weighted by Gasteiger charge is 2.21. The number of amides is 1. The van der Waals surface area contributed by atoms with Crippen molar-refractivity contribution in [2.24, 2.45) is 4.99 Å². The summed E-state index contributed by atoms with van der Waals surface area (Å²) in [4.78, 5) is 17.9. The Kier molecular flexibility index (Phi) is 7.24. The molecule has 1 amide bonds. The molecule has 140 valence electrons. The number of guanidine groups is 1. The molecule has 8 heteroatoms. The lowest BCUT2D eigenvalue weighted by atomic mass is 10.1. The number of likely N-dealkylation sites (N-methyl/N-ethyl adjacent to an activating group) is 1. The Morgan fingerprint density at radius 1 is 1.44 bits per heavy atom. The zero-order valence-electron chi connectivity index (χ0n) is 15.6. The van der Waals surface area contributed by atoms with Crippen molar-refractivity contribution in [2.45, 2.75) is 45.2 Å². The maximum Gasteiger partial charge on any atom is 0.233 e. The van der Waals surface area contributed by atoms with Gasteiger partial charge in [0.15, 0.2) is 11.7 Å². The Balaban J connectivity index is 1.74. The first kappa shape index (κ1) is 19.2. The Hall–Kier alpha value is -2.09. The zero-order valence-corrected chi connectivity index (χ0v) is 15.6. The van der Waals surface area contributed by atoms with Crippen LogP contribution in [-0.4, -0.2) is 61.7 Å². The van der Waals surface area contributed by atoms with Gasteiger partial charge in [0.05, 0.1) is 18.8 Å². The summed E-state index contributed by atoms with van der Waals surface area (Å²) in [6, 6.07) is 2.33. The van der Waals surface area contributed by atoms with Crippen molar-refractivity contribution in [1.82, 2.24) is 26.0 Å². The van der Waals surface area contributed by atoms with Crippen LogP contribution in [0.4, 0.5) is 0 Å². The van der Waals surface area contributed by atoms with Gasteiger partial charge in [0.1, 0.15) is 0 Å². The molecule has 1 saturated heterocycles. The van der Waals surface area contributed by atoms with E-state index in [9.17, 15) is 4.79 Å². The predicted molar refractivity (Wildman–Crippen MR) is 97.5 cm³/mol. The van der Waals surface area contributed by atoms with Gasteiger partial charge in [0, 0.05) is 39.3 Å². The molecule has 2 heterocycles. The lowest BCUT2D eigenvalue weighted by Crippen LogP contribution is -2.49. The number of rotatable bonds is 6. The fourth-order valence-electron chi connectivity index (χ4n) is 2.76. The van der Waals surface area contributed by atoms with E-state index in [1.807, 2.05) is 6.07 Å². The first-order chi connectivity index (χ1) is 12.0. The number of carbonyl (C=O) groups excluding carboxylic acids is 1. The van der Waals surface area contributed by atoms with Gasteiger partial charge in [-0.25, -0.2) is 0 Å². The lowest BCUT2D eigenvalue weighted by molar-refractivity contribution is -0.122. The van der Waals surface area contributed by atoms with Crippen molar-refractivity contribution >= 4 is 11.9 Å². The predicted octanol–water partition coefficient (Wildman–Crippen LogP) is 0.673. The van der Waals surface area contributed by atoms with Crippen LogP contribution >= 0.6 is 0 Å². The van der Waals surface area contributed by atoms with Crippen LogP contribution in [0.5, 0.6) is 0 Å². The molecule has 1 aromatic heterocycles. The van der Waals surface area contributed by atoms with Crippen molar-refractivity contribution in [2.75, 3.05) is 33.7 Å². The van der Waals surface area contributed by atoms with E-state index < -0.39 is 0 Å². The number of nitrogens with one attached hydrogen (secondary N) is 3. The zero-order chi connectivity index (χ0) is 18.2. The van der Waals surface area contributed by atoms with Gasteiger partial charge in [0.25, 0.3) is 0 Å². The molecule has 0 unspecified atom stereocenters. The summed E-state index contributed by atoms with van der Waals surface area (Å²) in [6.07, 6.45) is 1.97. The van der Waals surface area contributed by atoms with E-state index in [0.29, 0.717) is 25.0 Å². The minimum Gasteiger partial charge on any atom is -0.359 e. The van der Waals surface area contributed by atoms with Gasteiger partial charge in [-0.1, -0.05) is 19.0 Å². The largest absolute Gasteiger partial charge is 0.359 e. The second-order valence-corrected chi connectivity index (χ2v) is 6.67. The van der Waals surface area contributed by atoms with Gasteiger partial charge in [-0.05, 0) is 18.8 Å². The van der Waals surface area contributed by atoms with E-state index in [4.69, 9.17) is 4.52 Å². The normalized spacial score (nSPS) is 16.9. The number of likely N-dealkylation sites (tertiary alicyclic amines) is 1. The van der Waals surface area contributed by atoms with Crippen molar-refractivity contribution in [3.63, 3.8) is 0 Å². The molecule has 8 nitrogen and oxygen atoms in total. The summed E-state index contributed by atoms with van der Waals surface area (Å²) >= 11 is 0. The highest BCUT2D eigenvalue weighted by molar-refractivity contribution is 5.80. The molecule has 0 saturated carbocycles. The SMILES string of the molecule is CN=C(NCc1cc(C(C)C)no1)NC1CCN(CC(=O)NC)CC1. The van der Waals surface area contributed by atoms with Crippen molar-refractivity contribution in [1.29, 1.82) is 0 Å². The van der Waals surface area contributed by atoms with E-state index in [2.05, 4.69) is 44.8 Å². The fraction of sp³-hybridized carbons (Fsp3) is 0.706. The average Bonchev–Trinajstić information content (AvgIpc) is 3.09. The summed E-state index contributed by atoms with van der Waals surface area (Å²) < 4.78 is 5.33. The second kappa shape index (κ2) is 9.41. The van der Waals surface area contributed by atoms with Crippen LogP contribution in [0, 0.1) is 0 Å². The fourth-order valence-corrected chi connectivity index (χ4v) is 2.76. The maximum absolute atomic E-state index is 11.4. The minimum absolute atomic E-state index is 0.0664. The van der Waals surface area contributed by atoms with Crippen LogP contribution < -0.4 is 16.0 Å². The molecule has 1 fully saturated rings. The number of carbonyl (C=O) groups is 1. The molecule has 0 radical (unpaired) electrons. The van der Waals surface area contributed by atoms with E-state index in [1.54, 1.807) is 14.1 Å². The third-order valence-electron chi connectivity index (χ3n) is 4.40. The number of piperidine rings is 1. The summed E-state index contributed by atoms with van der Waals surface area (Å²) in [7, 11) is 3.43. The quantitative estimate of drug-likeness (QED) is 0.516. The highest BCUT2D eigenvalue weighted by atomic mass is 16.5. The number of nitrogens with zero attached hydrogens (tertiary/aromatic N) is 3. The highest BCUT2D eigenvalue weighted by Crippen LogP contribution is 2.14. The maximum atomic E-state index is 11.4.